The Morgan fingerprint density at radius 2 is 2.05 bits per heavy atom. The number of halogens is 1. The second-order valence-electron chi connectivity index (χ2n) is 5.38. The van der Waals surface area contributed by atoms with Crippen LogP contribution in [-0.2, 0) is 19.9 Å². The molecule has 122 valence electrons. The molecule has 1 aliphatic heterocycles. The third-order valence-electron chi connectivity index (χ3n) is 3.31. The maximum absolute atomic E-state index is 13.3. The van der Waals surface area contributed by atoms with E-state index in [1.807, 2.05) is 0 Å². The van der Waals surface area contributed by atoms with Crippen LogP contribution in [0.15, 0.2) is 23.1 Å². The molecular weight excluding hydrogens is 339 g/mol. The quantitative estimate of drug-likeness (QED) is 0.625. The highest BCUT2D eigenvalue weighted by Crippen LogP contribution is 2.27. The molecule has 1 fully saturated rings. The highest BCUT2D eigenvalue weighted by Gasteiger charge is 2.41. The summed E-state index contributed by atoms with van der Waals surface area (Å²) in [7, 11) is -7.54. The van der Waals surface area contributed by atoms with Gasteiger partial charge in [-0.1, -0.05) is 0 Å². The van der Waals surface area contributed by atoms with Crippen molar-refractivity contribution in [2.45, 2.75) is 23.8 Å². The Morgan fingerprint density at radius 1 is 1.41 bits per heavy atom. The van der Waals surface area contributed by atoms with E-state index in [9.17, 15) is 31.3 Å². The monoisotopic (exact) mass is 352 g/mol. The zero-order valence-electron chi connectivity index (χ0n) is 11.4. The number of sulfone groups is 1. The fourth-order valence-corrected chi connectivity index (χ4v) is 5.91. The highest BCUT2D eigenvalue weighted by atomic mass is 32.2. The zero-order valence-corrected chi connectivity index (χ0v) is 13.1. The van der Waals surface area contributed by atoms with E-state index < -0.39 is 46.7 Å². The van der Waals surface area contributed by atoms with Gasteiger partial charge in [0.25, 0.3) is 0 Å². The molecule has 1 atom stereocenters. The minimum absolute atomic E-state index is 0.0951. The predicted molar refractivity (Wildman–Crippen MR) is 75.1 cm³/mol. The van der Waals surface area contributed by atoms with Gasteiger partial charge in [0, 0.05) is 11.6 Å². The minimum Gasteiger partial charge on any atom is -0.258 e. The predicted octanol–water partition coefficient (Wildman–Crippen LogP) is 0.589. The number of rotatable bonds is 4. The van der Waals surface area contributed by atoms with Gasteiger partial charge in [0.1, 0.15) is 0 Å². The average molecular weight is 352 g/mol. The van der Waals surface area contributed by atoms with Crippen molar-refractivity contribution < 1.29 is 26.1 Å². The molecule has 11 heteroatoms. The van der Waals surface area contributed by atoms with Gasteiger partial charge in [0.05, 0.1) is 21.3 Å². The van der Waals surface area contributed by atoms with Crippen molar-refractivity contribution in [2.75, 3.05) is 11.5 Å². The Labute approximate surface area is 126 Å². The van der Waals surface area contributed by atoms with Crippen molar-refractivity contribution in [1.29, 1.82) is 0 Å². The van der Waals surface area contributed by atoms with Gasteiger partial charge in [-0.2, -0.15) is 4.39 Å². The summed E-state index contributed by atoms with van der Waals surface area (Å²) in [5.74, 6) is -1.66. The molecule has 0 amide bonds. The van der Waals surface area contributed by atoms with E-state index >= 15 is 0 Å². The van der Waals surface area contributed by atoms with Crippen LogP contribution in [0.5, 0.6) is 0 Å². The minimum atomic E-state index is -4.21. The van der Waals surface area contributed by atoms with Crippen LogP contribution in [0.2, 0.25) is 0 Å². The molecule has 0 radical (unpaired) electrons. The first kappa shape index (κ1) is 16.8. The number of nitrogens with one attached hydrogen (secondary N) is 1. The Morgan fingerprint density at radius 3 is 2.55 bits per heavy atom. The summed E-state index contributed by atoms with van der Waals surface area (Å²) < 4.78 is 62.9. The second-order valence-corrected chi connectivity index (χ2v) is 9.24. The SMILES string of the molecule is C[C@@]1(NS(=O)(=O)c2ccc(F)c([N+](=O)[O-])c2)CCS(=O)(=O)C1. The molecular formula is C11H13FN2O6S2. The van der Waals surface area contributed by atoms with Gasteiger partial charge in [-0.3, -0.25) is 10.1 Å². The van der Waals surface area contributed by atoms with Crippen molar-refractivity contribution in [1.82, 2.24) is 4.72 Å². The van der Waals surface area contributed by atoms with Crippen molar-refractivity contribution >= 4 is 25.5 Å². The maximum Gasteiger partial charge on any atom is 0.306 e. The lowest BCUT2D eigenvalue weighted by Gasteiger charge is -2.23. The topological polar surface area (TPSA) is 123 Å². The zero-order chi connectivity index (χ0) is 16.8. The van der Waals surface area contributed by atoms with Crippen molar-refractivity contribution in [2.24, 2.45) is 0 Å². The summed E-state index contributed by atoms with van der Waals surface area (Å²) in [5, 5.41) is 10.7. The Bertz CT molecular complexity index is 836. The first-order valence-electron chi connectivity index (χ1n) is 6.13. The van der Waals surface area contributed by atoms with E-state index in [-0.39, 0.29) is 17.9 Å². The molecule has 0 unspecified atom stereocenters. The Hall–Kier alpha value is -1.59. The number of nitro groups is 1. The first-order chi connectivity index (χ1) is 9.94. The maximum atomic E-state index is 13.3. The van der Waals surface area contributed by atoms with Crippen LogP contribution in [0.4, 0.5) is 10.1 Å². The molecule has 1 aliphatic rings. The summed E-state index contributed by atoms with van der Waals surface area (Å²) in [6.45, 7) is 1.44. The molecule has 1 aromatic carbocycles. The summed E-state index contributed by atoms with van der Waals surface area (Å²) in [6, 6.07) is 2.17. The van der Waals surface area contributed by atoms with Crippen LogP contribution in [-0.4, -0.2) is 38.8 Å². The lowest BCUT2D eigenvalue weighted by molar-refractivity contribution is -0.387. The average Bonchev–Trinajstić information content (AvgIpc) is 2.62. The molecule has 1 aromatic rings. The molecule has 1 N–H and O–H groups in total. The number of benzene rings is 1. The highest BCUT2D eigenvalue weighted by molar-refractivity contribution is 7.92. The summed E-state index contributed by atoms with van der Waals surface area (Å²) in [4.78, 5) is 9.14. The van der Waals surface area contributed by atoms with E-state index in [4.69, 9.17) is 0 Å². The van der Waals surface area contributed by atoms with Gasteiger partial charge < -0.3 is 0 Å². The van der Waals surface area contributed by atoms with Crippen LogP contribution in [0.3, 0.4) is 0 Å². The smallest absolute Gasteiger partial charge is 0.258 e. The molecule has 0 bridgehead atoms. The van der Waals surface area contributed by atoms with Crippen LogP contribution in [0.25, 0.3) is 0 Å². The first-order valence-corrected chi connectivity index (χ1v) is 9.43. The Kier molecular flexibility index (Phi) is 4.00. The second kappa shape index (κ2) is 5.25. The molecule has 22 heavy (non-hydrogen) atoms. The van der Waals surface area contributed by atoms with Crippen LogP contribution in [0, 0.1) is 15.9 Å². The lowest BCUT2D eigenvalue weighted by Crippen LogP contribution is -2.46. The molecule has 0 aliphatic carbocycles. The number of sulfonamides is 1. The summed E-state index contributed by atoms with van der Waals surface area (Å²) in [6.07, 6.45) is 0.0951. The molecule has 0 saturated carbocycles. The van der Waals surface area contributed by atoms with Crippen LogP contribution in [0.1, 0.15) is 13.3 Å². The van der Waals surface area contributed by atoms with E-state index in [1.54, 1.807) is 0 Å². The molecule has 0 aromatic heterocycles. The van der Waals surface area contributed by atoms with Gasteiger partial charge in [0.2, 0.25) is 15.8 Å². The lowest BCUT2D eigenvalue weighted by atomic mass is 10.0. The molecule has 1 heterocycles. The number of nitrogens with zero attached hydrogens (tertiary/aromatic N) is 1. The summed E-state index contributed by atoms with van der Waals surface area (Å²) >= 11 is 0. The van der Waals surface area contributed by atoms with Gasteiger partial charge in [0.15, 0.2) is 9.84 Å². The number of hydrogen-bond acceptors (Lipinski definition) is 6. The van der Waals surface area contributed by atoms with E-state index in [2.05, 4.69) is 4.72 Å². The van der Waals surface area contributed by atoms with E-state index in [0.717, 1.165) is 6.07 Å². The largest absolute Gasteiger partial charge is 0.306 e. The molecule has 0 spiro atoms. The normalized spacial score (nSPS) is 24.3. The van der Waals surface area contributed by atoms with Gasteiger partial charge in [-0.05, 0) is 25.5 Å². The van der Waals surface area contributed by atoms with Crippen LogP contribution < -0.4 is 4.72 Å². The molecule has 2 rings (SSSR count). The fourth-order valence-electron chi connectivity index (χ4n) is 2.27. The Balaban J connectivity index is 2.36. The van der Waals surface area contributed by atoms with Crippen molar-refractivity contribution in [3.63, 3.8) is 0 Å². The van der Waals surface area contributed by atoms with E-state index in [0.29, 0.717) is 12.1 Å². The van der Waals surface area contributed by atoms with Crippen molar-refractivity contribution in [3.05, 3.63) is 34.1 Å². The number of nitro benzene ring substituents is 1. The van der Waals surface area contributed by atoms with Gasteiger partial charge in [-0.25, -0.2) is 21.6 Å². The third-order valence-corrected chi connectivity index (χ3v) is 6.85. The number of hydrogen-bond donors (Lipinski definition) is 1. The molecule has 1 saturated heterocycles. The van der Waals surface area contributed by atoms with Crippen molar-refractivity contribution in [3.8, 4) is 0 Å². The fraction of sp³-hybridized carbons (Fsp3) is 0.455. The third kappa shape index (κ3) is 3.42. The molecule has 8 nitrogen and oxygen atoms in total. The van der Waals surface area contributed by atoms with Gasteiger partial charge in [-0.15, -0.1) is 0 Å². The van der Waals surface area contributed by atoms with E-state index in [1.165, 1.54) is 6.92 Å². The van der Waals surface area contributed by atoms with Crippen LogP contribution >= 0.6 is 0 Å². The van der Waals surface area contributed by atoms with Gasteiger partial charge >= 0.3 is 5.69 Å². The summed E-state index contributed by atoms with van der Waals surface area (Å²) in [5.41, 5.74) is -2.16. The standard InChI is InChI=1S/C11H13FN2O6S2/c1-11(4-5-21(17,18)7-11)13-22(19,20)8-2-3-9(12)10(6-8)14(15)16/h2-3,6,13H,4-5,7H2,1H3/t11-/m1/s1.